The normalized spacial score (nSPS) is 14.6. The van der Waals surface area contributed by atoms with Gasteiger partial charge in [-0.1, -0.05) is 83.6 Å². The van der Waals surface area contributed by atoms with E-state index in [9.17, 15) is 9.59 Å². The van der Waals surface area contributed by atoms with Crippen molar-refractivity contribution >= 4 is 80.8 Å². The lowest BCUT2D eigenvalue weighted by atomic mass is 10.1. The number of thioether (sulfide) groups is 1. The van der Waals surface area contributed by atoms with E-state index in [0.29, 0.717) is 25.7 Å². The molecule has 0 saturated carbocycles. The van der Waals surface area contributed by atoms with E-state index >= 15 is 0 Å². The number of thiocarbonyl (C=S) groups is 1. The zero-order valence-corrected chi connectivity index (χ0v) is 21.0. The number of para-hydroxylation sites is 1. The SMILES string of the molecule is Cc1ccccc1N1C(=O)/C(=C/c2cccc(OCC(=O)Nc3cccc(Cl)c3Cl)c2)SC1=S. The van der Waals surface area contributed by atoms with Gasteiger partial charge in [0.15, 0.2) is 10.9 Å². The molecule has 2 amide bonds. The molecule has 1 N–H and O–H groups in total. The largest absolute Gasteiger partial charge is 0.484 e. The minimum atomic E-state index is -0.381. The lowest BCUT2D eigenvalue weighted by molar-refractivity contribution is -0.118. The third-order valence-corrected chi connectivity index (χ3v) is 7.02. The van der Waals surface area contributed by atoms with Crippen LogP contribution in [0.1, 0.15) is 11.1 Å². The van der Waals surface area contributed by atoms with Gasteiger partial charge in [0.1, 0.15) is 5.75 Å². The second-order valence-corrected chi connectivity index (χ2v) is 9.78. The fraction of sp³-hybridized carbons (Fsp3) is 0.0800. The molecule has 1 aliphatic rings. The summed E-state index contributed by atoms with van der Waals surface area (Å²) in [6.45, 7) is 1.72. The fourth-order valence-electron chi connectivity index (χ4n) is 3.27. The van der Waals surface area contributed by atoms with Crippen LogP contribution in [0.15, 0.2) is 71.6 Å². The number of aryl methyl sites for hydroxylation is 1. The van der Waals surface area contributed by atoms with E-state index in [2.05, 4.69) is 5.32 Å². The fourth-order valence-corrected chi connectivity index (χ4v) is 4.90. The summed E-state index contributed by atoms with van der Waals surface area (Å²) in [6, 6.07) is 19.7. The molecular weight excluding hydrogens is 511 g/mol. The van der Waals surface area contributed by atoms with Gasteiger partial charge in [0.05, 0.1) is 26.3 Å². The van der Waals surface area contributed by atoms with Crippen LogP contribution in [0, 0.1) is 6.92 Å². The molecule has 5 nitrogen and oxygen atoms in total. The second-order valence-electron chi connectivity index (χ2n) is 7.31. The second kappa shape index (κ2) is 10.6. The molecular formula is C25H18Cl2N2O3S2. The first-order valence-electron chi connectivity index (χ1n) is 10.1. The Bertz CT molecular complexity index is 1330. The van der Waals surface area contributed by atoms with Crippen molar-refractivity contribution in [2.45, 2.75) is 6.92 Å². The van der Waals surface area contributed by atoms with Gasteiger partial charge in [-0.15, -0.1) is 0 Å². The van der Waals surface area contributed by atoms with Gasteiger partial charge in [-0.25, -0.2) is 0 Å². The highest BCUT2D eigenvalue weighted by atomic mass is 35.5. The topological polar surface area (TPSA) is 58.6 Å². The number of rotatable bonds is 6. The molecule has 1 fully saturated rings. The van der Waals surface area contributed by atoms with Gasteiger partial charge in [0.25, 0.3) is 11.8 Å². The minimum absolute atomic E-state index is 0.173. The van der Waals surface area contributed by atoms with Crippen molar-refractivity contribution in [1.29, 1.82) is 0 Å². The van der Waals surface area contributed by atoms with Crippen LogP contribution >= 0.6 is 47.2 Å². The molecule has 0 atom stereocenters. The van der Waals surface area contributed by atoms with E-state index in [-0.39, 0.29) is 23.4 Å². The average molecular weight is 529 g/mol. The Kier molecular flexibility index (Phi) is 7.58. The van der Waals surface area contributed by atoms with Crippen LogP contribution in [0.3, 0.4) is 0 Å². The zero-order valence-electron chi connectivity index (χ0n) is 17.9. The summed E-state index contributed by atoms with van der Waals surface area (Å²) in [5.74, 6) is -0.0717. The highest BCUT2D eigenvalue weighted by Crippen LogP contribution is 2.37. The first kappa shape index (κ1) is 24.3. The maximum Gasteiger partial charge on any atom is 0.270 e. The van der Waals surface area contributed by atoms with Crippen LogP contribution in [-0.4, -0.2) is 22.7 Å². The first-order valence-corrected chi connectivity index (χ1v) is 12.1. The van der Waals surface area contributed by atoms with E-state index in [1.807, 2.05) is 37.3 Å². The van der Waals surface area contributed by atoms with Crippen molar-refractivity contribution < 1.29 is 14.3 Å². The van der Waals surface area contributed by atoms with E-state index < -0.39 is 0 Å². The Hall–Kier alpha value is -2.84. The number of amides is 2. The number of carbonyl (C=O) groups is 2. The number of nitrogens with zero attached hydrogens (tertiary/aromatic N) is 1. The summed E-state index contributed by atoms with van der Waals surface area (Å²) in [5, 5.41) is 3.28. The van der Waals surface area contributed by atoms with Gasteiger partial charge in [-0.2, -0.15) is 0 Å². The third kappa shape index (κ3) is 5.45. The summed E-state index contributed by atoms with van der Waals surface area (Å²) in [4.78, 5) is 27.4. The first-order chi connectivity index (χ1) is 16.3. The quantitative estimate of drug-likeness (QED) is 0.284. The van der Waals surface area contributed by atoms with Gasteiger partial charge in [-0.3, -0.25) is 14.5 Å². The van der Waals surface area contributed by atoms with Gasteiger partial charge in [-0.05, 0) is 54.5 Å². The summed E-state index contributed by atoms with van der Waals surface area (Å²) < 4.78 is 6.10. The Balaban J connectivity index is 1.44. The Morgan fingerprint density at radius 3 is 2.68 bits per heavy atom. The minimum Gasteiger partial charge on any atom is -0.484 e. The molecule has 0 bridgehead atoms. The number of benzene rings is 3. The van der Waals surface area contributed by atoms with E-state index in [1.165, 1.54) is 11.8 Å². The highest BCUT2D eigenvalue weighted by molar-refractivity contribution is 8.27. The maximum atomic E-state index is 13.0. The molecule has 1 heterocycles. The number of nitrogens with one attached hydrogen (secondary N) is 1. The lowest BCUT2D eigenvalue weighted by Crippen LogP contribution is -2.28. The summed E-state index contributed by atoms with van der Waals surface area (Å²) in [5.41, 5.74) is 2.90. The van der Waals surface area contributed by atoms with Crippen molar-refractivity contribution in [2.75, 3.05) is 16.8 Å². The highest BCUT2D eigenvalue weighted by Gasteiger charge is 2.33. The Morgan fingerprint density at radius 1 is 1.12 bits per heavy atom. The van der Waals surface area contributed by atoms with Gasteiger partial charge >= 0.3 is 0 Å². The van der Waals surface area contributed by atoms with Crippen LogP contribution in [-0.2, 0) is 9.59 Å². The number of halogens is 2. The van der Waals surface area contributed by atoms with Gasteiger partial charge in [0, 0.05) is 0 Å². The van der Waals surface area contributed by atoms with E-state index in [1.54, 1.807) is 47.4 Å². The lowest BCUT2D eigenvalue weighted by Gasteiger charge is -2.16. The van der Waals surface area contributed by atoms with Crippen LogP contribution in [0.2, 0.25) is 10.0 Å². The number of anilines is 2. The van der Waals surface area contributed by atoms with Crippen LogP contribution in [0.5, 0.6) is 5.75 Å². The van der Waals surface area contributed by atoms with Crippen molar-refractivity contribution in [3.05, 3.63) is 92.8 Å². The van der Waals surface area contributed by atoms with Crippen molar-refractivity contribution in [2.24, 2.45) is 0 Å². The molecule has 0 aromatic heterocycles. The number of hydrogen-bond donors (Lipinski definition) is 1. The Morgan fingerprint density at radius 2 is 1.88 bits per heavy atom. The Labute approximate surface area is 216 Å². The van der Waals surface area contributed by atoms with Crippen molar-refractivity contribution in [3.63, 3.8) is 0 Å². The standard InChI is InChI=1S/C25H18Cl2N2O3S2/c1-15-6-2-3-11-20(15)29-24(31)21(34-25(29)33)13-16-7-4-8-17(12-16)32-14-22(30)28-19-10-5-9-18(26)23(19)27/h2-13H,14H2,1H3,(H,28,30)/b21-13-. The molecule has 0 radical (unpaired) electrons. The molecule has 172 valence electrons. The molecule has 4 rings (SSSR count). The van der Waals surface area contributed by atoms with E-state index in [0.717, 1.165) is 16.8 Å². The van der Waals surface area contributed by atoms with Crippen molar-refractivity contribution in [1.82, 2.24) is 0 Å². The van der Waals surface area contributed by atoms with Crippen molar-refractivity contribution in [3.8, 4) is 5.75 Å². The molecule has 1 saturated heterocycles. The van der Waals surface area contributed by atoms with Gasteiger partial charge < -0.3 is 10.1 Å². The number of carbonyl (C=O) groups excluding carboxylic acids is 2. The summed E-state index contributed by atoms with van der Waals surface area (Å²) >= 11 is 18.8. The smallest absolute Gasteiger partial charge is 0.270 e. The molecule has 34 heavy (non-hydrogen) atoms. The third-order valence-electron chi connectivity index (χ3n) is 4.90. The van der Waals surface area contributed by atoms with E-state index in [4.69, 9.17) is 40.2 Å². The molecule has 0 unspecified atom stereocenters. The molecule has 3 aromatic carbocycles. The van der Waals surface area contributed by atoms with Crippen LogP contribution in [0.25, 0.3) is 6.08 Å². The number of hydrogen-bond acceptors (Lipinski definition) is 5. The van der Waals surface area contributed by atoms with Crippen LogP contribution < -0.4 is 15.0 Å². The summed E-state index contributed by atoms with van der Waals surface area (Å²) in [7, 11) is 0. The van der Waals surface area contributed by atoms with Gasteiger partial charge in [0.2, 0.25) is 0 Å². The molecule has 1 aliphatic heterocycles. The monoisotopic (exact) mass is 528 g/mol. The molecule has 3 aromatic rings. The molecule has 9 heteroatoms. The number of ether oxygens (including phenoxy) is 1. The summed E-state index contributed by atoms with van der Waals surface area (Å²) in [6.07, 6.45) is 1.76. The predicted octanol–water partition coefficient (Wildman–Crippen LogP) is 6.73. The maximum absolute atomic E-state index is 13.0. The predicted molar refractivity (Wildman–Crippen MR) is 144 cm³/mol. The van der Waals surface area contributed by atoms with Crippen LogP contribution in [0.4, 0.5) is 11.4 Å². The molecule has 0 spiro atoms. The molecule has 0 aliphatic carbocycles. The average Bonchev–Trinajstić information content (AvgIpc) is 3.09. The zero-order chi connectivity index (χ0) is 24.2.